The maximum absolute atomic E-state index is 12.9. The molecule has 0 bridgehead atoms. The minimum atomic E-state index is -5.08. The third-order valence-electron chi connectivity index (χ3n) is 6.76. The van der Waals surface area contributed by atoms with Crippen molar-refractivity contribution in [3.05, 3.63) is 59.2 Å². The Labute approximate surface area is 219 Å². The van der Waals surface area contributed by atoms with Crippen LogP contribution in [0.5, 0.6) is 0 Å². The monoisotopic (exact) mass is 535 g/mol. The first-order chi connectivity index (χ1) is 18.0. The van der Waals surface area contributed by atoms with Gasteiger partial charge in [0.25, 0.3) is 5.91 Å². The molecule has 1 heterocycles. The summed E-state index contributed by atoms with van der Waals surface area (Å²) in [5.41, 5.74) is 3.18. The van der Waals surface area contributed by atoms with E-state index in [0.717, 1.165) is 37.4 Å². The van der Waals surface area contributed by atoms with Crippen LogP contribution in [0.4, 0.5) is 24.5 Å². The molecule has 0 atom stereocenters. The minimum absolute atomic E-state index is 0.170. The molecule has 4 rings (SSSR count). The van der Waals surface area contributed by atoms with Crippen molar-refractivity contribution in [1.82, 2.24) is 4.90 Å². The number of carbonyl (C=O) groups excluding carboxylic acids is 1. The summed E-state index contributed by atoms with van der Waals surface area (Å²) in [6.07, 6.45) is 1.53. The number of alkyl halides is 3. The van der Waals surface area contributed by atoms with Crippen LogP contribution in [0, 0.1) is 6.92 Å². The number of carboxylic acid groups (broad SMARTS) is 2. The Bertz CT molecular complexity index is 1140. The van der Waals surface area contributed by atoms with E-state index in [1.807, 2.05) is 31.2 Å². The SMILES string of the molecule is Cc1cccc(C(=O)Nc2cc(C(=O)O)ccc2N2CCN(C3CCCCC3)CC2)c1.O=C(O)C(F)(F)F. The molecule has 2 aromatic rings. The lowest BCUT2D eigenvalue weighted by Gasteiger charge is -2.42. The van der Waals surface area contributed by atoms with Crippen molar-refractivity contribution >= 4 is 29.2 Å². The van der Waals surface area contributed by atoms with Crippen LogP contribution in [0.1, 0.15) is 58.4 Å². The van der Waals surface area contributed by atoms with Crippen molar-refractivity contribution in [3.63, 3.8) is 0 Å². The number of hydrogen-bond acceptors (Lipinski definition) is 5. The summed E-state index contributed by atoms with van der Waals surface area (Å²) in [6, 6.07) is 13.1. The molecule has 1 saturated carbocycles. The van der Waals surface area contributed by atoms with Crippen LogP contribution in [0.15, 0.2) is 42.5 Å². The van der Waals surface area contributed by atoms with Gasteiger partial charge in [0.2, 0.25) is 0 Å². The number of rotatable bonds is 5. The number of benzene rings is 2. The molecule has 1 aliphatic heterocycles. The molecule has 1 aliphatic carbocycles. The van der Waals surface area contributed by atoms with Crippen molar-refractivity contribution in [3.8, 4) is 0 Å². The van der Waals surface area contributed by atoms with E-state index in [9.17, 15) is 27.9 Å². The zero-order chi connectivity index (χ0) is 27.9. The Kier molecular flexibility index (Phi) is 9.73. The molecule has 206 valence electrons. The Morgan fingerprint density at radius 3 is 2.08 bits per heavy atom. The van der Waals surface area contributed by atoms with Crippen LogP contribution >= 0.6 is 0 Å². The number of carbonyl (C=O) groups is 3. The quantitative estimate of drug-likeness (QED) is 0.492. The minimum Gasteiger partial charge on any atom is -0.478 e. The lowest BCUT2D eigenvalue weighted by molar-refractivity contribution is -0.192. The highest BCUT2D eigenvalue weighted by Gasteiger charge is 2.38. The van der Waals surface area contributed by atoms with Gasteiger partial charge in [-0.2, -0.15) is 13.2 Å². The van der Waals surface area contributed by atoms with E-state index in [1.54, 1.807) is 18.2 Å². The predicted molar refractivity (Wildman–Crippen MR) is 137 cm³/mol. The standard InChI is InChI=1S/C25H31N3O3.C2HF3O2/c1-18-6-5-7-19(16-18)24(29)26-22-17-20(25(30)31)10-11-23(22)28-14-12-27(13-15-28)21-8-3-2-4-9-21;3-2(4,5)1(6)7/h5-7,10-11,16-17,21H,2-4,8-9,12-15H2,1H3,(H,26,29)(H,30,31);(H,6,7). The van der Waals surface area contributed by atoms with Crippen LogP contribution < -0.4 is 10.2 Å². The van der Waals surface area contributed by atoms with Crippen LogP contribution in [0.3, 0.4) is 0 Å². The average molecular weight is 536 g/mol. The van der Waals surface area contributed by atoms with E-state index in [-0.39, 0.29) is 11.5 Å². The fraction of sp³-hybridized carbons (Fsp3) is 0.444. The Morgan fingerprint density at radius 2 is 1.53 bits per heavy atom. The number of aliphatic carboxylic acids is 1. The van der Waals surface area contributed by atoms with Gasteiger partial charge in [-0.05, 0) is 50.1 Å². The van der Waals surface area contributed by atoms with E-state index in [0.29, 0.717) is 17.3 Å². The summed E-state index contributed by atoms with van der Waals surface area (Å²) in [7, 11) is 0. The first-order valence-electron chi connectivity index (χ1n) is 12.5. The van der Waals surface area contributed by atoms with Gasteiger partial charge < -0.3 is 20.4 Å². The first kappa shape index (κ1) is 29.0. The van der Waals surface area contributed by atoms with Gasteiger partial charge in [0, 0.05) is 37.8 Å². The van der Waals surface area contributed by atoms with Crippen LogP contribution in [-0.2, 0) is 4.79 Å². The van der Waals surface area contributed by atoms with Gasteiger partial charge in [-0.15, -0.1) is 0 Å². The normalized spacial score (nSPS) is 16.8. The first-order valence-corrected chi connectivity index (χ1v) is 12.5. The summed E-state index contributed by atoms with van der Waals surface area (Å²) in [6.45, 7) is 5.68. The van der Waals surface area contributed by atoms with Gasteiger partial charge in [-0.3, -0.25) is 9.69 Å². The maximum atomic E-state index is 12.9. The predicted octanol–water partition coefficient (Wildman–Crippen LogP) is 5.03. The van der Waals surface area contributed by atoms with Crippen molar-refractivity contribution in [2.24, 2.45) is 0 Å². The summed E-state index contributed by atoms with van der Waals surface area (Å²) in [5.74, 6) is -3.99. The second-order valence-electron chi connectivity index (χ2n) is 9.48. The van der Waals surface area contributed by atoms with Gasteiger partial charge in [0.1, 0.15) is 0 Å². The molecule has 1 saturated heterocycles. The van der Waals surface area contributed by atoms with E-state index < -0.39 is 18.1 Å². The highest BCUT2D eigenvalue weighted by molar-refractivity contribution is 6.06. The Morgan fingerprint density at radius 1 is 0.895 bits per heavy atom. The molecule has 38 heavy (non-hydrogen) atoms. The van der Waals surface area contributed by atoms with E-state index in [2.05, 4.69) is 15.1 Å². The molecule has 11 heteroatoms. The van der Waals surface area contributed by atoms with Gasteiger partial charge >= 0.3 is 18.1 Å². The highest BCUT2D eigenvalue weighted by Crippen LogP contribution is 2.30. The second-order valence-corrected chi connectivity index (χ2v) is 9.48. The number of amides is 1. The van der Waals surface area contributed by atoms with E-state index >= 15 is 0 Å². The Hall–Kier alpha value is -3.60. The molecule has 2 aliphatic rings. The van der Waals surface area contributed by atoms with Crippen molar-refractivity contribution in [2.75, 3.05) is 36.4 Å². The number of hydrogen-bond donors (Lipinski definition) is 3. The fourth-order valence-electron chi connectivity index (χ4n) is 4.80. The molecule has 2 aromatic carbocycles. The fourth-order valence-corrected chi connectivity index (χ4v) is 4.80. The lowest BCUT2D eigenvalue weighted by atomic mass is 9.94. The zero-order valence-electron chi connectivity index (χ0n) is 21.1. The molecule has 0 radical (unpaired) electrons. The number of nitrogens with zero attached hydrogens (tertiary/aromatic N) is 2. The summed E-state index contributed by atoms with van der Waals surface area (Å²) < 4.78 is 31.7. The molecule has 3 N–H and O–H groups in total. The van der Waals surface area contributed by atoms with Gasteiger partial charge in [-0.1, -0.05) is 37.0 Å². The number of anilines is 2. The van der Waals surface area contributed by atoms with Crippen LogP contribution in [0.2, 0.25) is 0 Å². The molecule has 2 fully saturated rings. The number of aryl methyl sites for hydroxylation is 1. The van der Waals surface area contributed by atoms with Crippen molar-refractivity contribution in [2.45, 2.75) is 51.2 Å². The second kappa shape index (κ2) is 12.8. The van der Waals surface area contributed by atoms with Gasteiger partial charge in [0.05, 0.1) is 16.9 Å². The van der Waals surface area contributed by atoms with E-state index in [1.165, 1.54) is 32.1 Å². The summed E-state index contributed by atoms with van der Waals surface area (Å²) >= 11 is 0. The molecule has 8 nitrogen and oxygen atoms in total. The van der Waals surface area contributed by atoms with Crippen molar-refractivity contribution in [1.29, 1.82) is 0 Å². The average Bonchev–Trinajstić information content (AvgIpc) is 2.89. The van der Waals surface area contributed by atoms with E-state index in [4.69, 9.17) is 9.90 Å². The van der Waals surface area contributed by atoms with Crippen LogP contribution in [-0.4, -0.2) is 71.4 Å². The van der Waals surface area contributed by atoms with Crippen LogP contribution in [0.25, 0.3) is 0 Å². The molecular weight excluding hydrogens is 503 g/mol. The molecule has 0 aromatic heterocycles. The summed E-state index contributed by atoms with van der Waals surface area (Å²) in [5, 5.41) is 19.5. The molecule has 0 spiro atoms. The topological polar surface area (TPSA) is 110 Å². The zero-order valence-corrected chi connectivity index (χ0v) is 21.1. The number of carboxylic acids is 2. The highest BCUT2D eigenvalue weighted by atomic mass is 19.4. The summed E-state index contributed by atoms with van der Waals surface area (Å²) in [4.78, 5) is 38.1. The molecule has 1 amide bonds. The van der Waals surface area contributed by atoms with Gasteiger partial charge in [0.15, 0.2) is 0 Å². The number of aromatic carboxylic acids is 1. The lowest BCUT2D eigenvalue weighted by Crippen LogP contribution is -2.51. The Balaban J connectivity index is 0.000000505. The third-order valence-corrected chi connectivity index (χ3v) is 6.76. The smallest absolute Gasteiger partial charge is 0.478 e. The number of halogens is 3. The number of piperazine rings is 1. The molecular formula is C27H32F3N3O5. The largest absolute Gasteiger partial charge is 0.490 e. The van der Waals surface area contributed by atoms with Gasteiger partial charge in [-0.25, -0.2) is 9.59 Å². The van der Waals surface area contributed by atoms with Crippen molar-refractivity contribution < 1.29 is 37.8 Å². The maximum Gasteiger partial charge on any atom is 0.490 e. The third kappa shape index (κ3) is 7.95. The molecule has 0 unspecified atom stereocenters. The number of nitrogens with one attached hydrogen (secondary N) is 1.